The van der Waals surface area contributed by atoms with Gasteiger partial charge in [0, 0.05) is 22.8 Å². The molecule has 2 heterocycles. The molecular formula is C24H22ClN3O2. The zero-order valence-corrected chi connectivity index (χ0v) is 18.0. The summed E-state index contributed by atoms with van der Waals surface area (Å²) >= 11 is 6.21. The number of anilines is 1. The van der Waals surface area contributed by atoms with Gasteiger partial charge < -0.3 is 10.1 Å². The molecule has 2 aromatic carbocycles. The summed E-state index contributed by atoms with van der Waals surface area (Å²) in [6.07, 6.45) is 1.92. The number of pyridine rings is 1. The SMILES string of the molecule is COc1cc(Cl)c(C)cc1NC(=O)c1c(-c2ccc(C)cc2)nc2ccc(C)cn12. The normalized spacial score (nSPS) is 11.0. The Morgan fingerprint density at radius 1 is 1.03 bits per heavy atom. The van der Waals surface area contributed by atoms with E-state index in [1.54, 1.807) is 19.2 Å². The fourth-order valence-electron chi connectivity index (χ4n) is 3.39. The maximum Gasteiger partial charge on any atom is 0.275 e. The second-order valence-electron chi connectivity index (χ2n) is 7.37. The number of benzene rings is 2. The van der Waals surface area contributed by atoms with Crippen molar-refractivity contribution in [3.63, 3.8) is 0 Å². The summed E-state index contributed by atoms with van der Waals surface area (Å²) in [5.41, 5.74) is 6.26. The van der Waals surface area contributed by atoms with E-state index in [4.69, 9.17) is 21.3 Å². The van der Waals surface area contributed by atoms with Crippen LogP contribution in [0.25, 0.3) is 16.9 Å². The molecule has 0 unspecified atom stereocenters. The van der Waals surface area contributed by atoms with Crippen molar-refractivity contribution >= 4 is 28.8 Å². The first-order valence-corrected chi connectivity index (χ1v) is 9.96. The Balaban J connectivity index is 1.86. The summed E-state index contributed by atoms with van der Waals surface area (Å²) in [7, 11) is 1.55. The fourth-order valence-corrected chi connectivity index (χ4v) is 3.55. The van der Waals surface area contributed by atoms with Gasteiger partial charge in [-0.3, -0.25) is 9.20 Å². The zero-order chi connectivity index (χ0) is 21.4. The van der Waals surface area contributed by atoms with Gasteiger partial charge in [-0.25, -0.2) is 4.98 Å². The zero-order valence-electron chi connectivity index (χ0n) is 17.3. The van der Waals surface area contributed by atoms with Crippen LogP contribution in [-0.4, -0.2) is 22.4 Å². The number of methoxy groups -OCH3 is 1. The Bertz CT molecular complexity index is 1260. The number of halogens is 1. The topological polar surface area (TPSA) is 55.6 Å². The summed E-state index contributed by atoms with van der Waals surface area (Å²) in [4.78, 5) is 18.2. The Morgan fingerprint density at radius 2 is 1.73 bits per heavy atom. The number of nitrogens with zero attached hydrogens (tertiary/aromatic N) is 2. The van der Waals surface area contributed by atoms with Gasteiger partial charge in [-0.15, -0.1) is 0 Å². The second-order valence-corrected chi connectivity index (χ2v) is 7.77. The highest BCUT2D eigenvalue weighted by atomic mass is 35.5. The molecule has 30 heavy (non-hydrogen) atoms. The molecule has 4 aromatic rings. The fraction of sp³-hybridized carbons (Fsp3) is 0.167. The van der Waals surface area contributed by atoms with Crippen molar-refractivity contribution in [1.29, 1.82) is 0 Å². The quantitative estimate of drug-likeness (QED) is 0.452. The minimum absolute atomic E-state index is 0.274. The van der Waals surface area contributed by atoms with E-state index in [-0.39, 0.29) is 5.91 Å². The third-order valence-corrected chi connectivity index (χ3v) is 5.44. The number of hydrogen-bond acceptors (Lipinski definition) is 3. The lowest BCUT2D eigenvalue weighted by Crippen LogP contribution is -2.16. The van der Waals surface area contributed by atoms with E-state index in [0.29, 0.717) is 33.5 Å². The van der Waals surface area contributed by atoms with Crippen molar-refractivity contribution in [2.45, 2.75) is 20.8 Å². The molecule has 6 heteroatoms. The van der Waals surface area contributed by atoms with Crippen LogP contribution in [-0.2, 0) is 0 Å². The first kappa shape index (κ1) is 20.0. The highest BCUT2D eigenvalue weighted by molar-refractivity contribution is 6.31. The van der Waals surface area contributed by atoms with Crippen LogP contribution in [0.2, 0.25) is 5.02 Å². The van der Waals surface area contributed by atoms with E-state index in [1.807, 2.05) is 67.8 Å². The molecule has 0 bridgehead atoms. The van der Waals surface area contributed by atoms with Crippen molar-refractivity contribution in [3.8, 4) is 17.0 Å². The number of nitrogens with one attached hydrogen (secondary N) is 1. The predicted molar refractivity (Wildman–Crippen MR) is 121 cm³/mol. The third kappa shape index (κ3) is 3.64. The Kier molecular flexibility index (Phi) is 5.22. The Morgan fingerprint density at radius 3 is 2.43 bits per heavy atom. The molecule has 4 rings (SSSR count). The molecular weight excluding hydrogens is 398 g/mol. The molecule has 0 aliphatic carbocycles. The minimum atomic E-state index is -0.274. The lowest BCUT2D eigenvalue weighted by molar-refractivity contribution is 0.102. The van der Waals surface area contributed by atoms with E-state index in [1.165, 1.54) is 0 Å². The first-order chi connectivity index (χ1) is 14.4. The van der Waals surface area contributed by atoms with Crippen LogP contribution < -0.4 is 10.1 Å². The van der Waals surface area contributed by atoms with Gasteiger partial charge in [0.1, 0.15) is 22.8 Å². The highest BCUT2D eigenvalue weighted by Crippen LogP contribution is 2.32. The van der Waals surface area contributed by atoms with Gasteiger partial charge in [-0.1, -0.05) is 47.5 Å². The maximum atomic E-state index is 13.5. The first-order valence-electron chi connectivity index (χ1n) is 9.58. The third-order valence-electron chi connectivity index (χ3n) is 5.04. The average Bonchev–Trinajstić information content (AvgIpc) is 3.09. The summed E-state index contributed by atoms with van der Waals surface area (Å²) in [6, 6.07) is 15.4. The van der Waals surface area contributed by atoms with Crippen LogP contribution in [0.1, 0.15) is 27.2 Å². The number of amides is 1. The standard InChI is InChI=1S/C24H22ClN3O2/c1-14-5-8-17(9-6-14)22-23(28-13-15(2)7-10-21(28)27-22)24(29)26-19-11-16(3)18(25)12-20(19)30-4/h5-13H,1-4H3,(H,26,29). The predicted octanol–water partition coefficient (Wildman–Crippen LogP) is 5.84. The molecule has 0 radical (unpaired) electrons. The number of imidazole rings is 1. The number of rotatable bonds is 4. The molecule has 0 aliphatic rings. The van der Waals surface area contributed by atoms with Crippen LogP contribution in [0.3, 0.4) is 0 Å². The molecule has 1 amide bonds. The number of aromatic nitrogens is 2. The molecule has 0 saturated heterocycles. The molecule has 1 N–H and O–H groups in total. The Labute approximate surface area is 180 Å². The Hall–Kier alpha value is -3.31. The monoisotopic (exact) mass is 419 g/mol. The number of ether oxygens (including phenoxy) is 1. The molecule has 0 atom stereocenters. The van der Waals surface area contributed by atoms with Crippen LogP contribution in [0.5, 0.6) is 5.75 Å². The van der Waals surface area contributed by atoms with Gasteiger partial charge >= 0.3 is 0 Å². The van der Waals surface area contributed by atoms with Crippen LogP contribution in [0.15, 0.2) is 54.7 Å². The van der Waals surface area contributed by atoms with Gasteiger partial charge in [-0.2, -0.15) is 0 Å². The smallest absolute Gasteiger partial charge is 0.275 e. The largest absolute Gasteiger partial charge is 0.495 e. The van der Waals surface area contributed by atoms with E-state index in [9.17, 15) is 4.79 Å². The summed E-state index contributed by atoms with van der Waals surface area (Å²) < 4.78 is 7.24. The molecule has 2 aromatic heterocycles. The van der Waals surface area contributed by atoms with E-state index >= 15 is 0 Å². The van der Waals surface area contributed by atoms with Gasteiger partial charge in [0.2, 0.25) is 0 Å². The van der Waals surface area contributed by atoms with Gasteiger partial charge in [0.25, 0.3) is 5.91 Å². The van der Waals surface area contributed by atoms with Crippen molar-refractivity contribution in [1.82, 2.24) is 9.38 Å². The number of aryl methyl sites for hydroxylation is 3. The summed E-state index contributed by atoms with van der Waals surface area (Å²) in [5, 5.41) is 3.56. The van der Waals surface area contributed by atoms with Crippen molar-refractivity contribution in [3.05, 3.63) is 82.1 Å². The van der Waals surface area contributed by atoms with E-state index < -0.39 is 0 Å². The number of carbonyl (C=O) groups is 1. The van der Waals surface area contributed by atoms with Gasteiger partial charge in [0.05, 0.1) is 12.8 Å². The highest BCUT2D eigenvalue weighted by Gasteiger charge is 2.22. The maximum absolute atomic E-state index is 13.5. The minimum Gasteiger partial charge on any atom is -0.495 e. The summed E-state index contributed by atoms with van der Waals surface area (Å²) in [5.74, 6) is 0.226. The number of fused-ring (bicyclic) bond motifs is 1. The van der Waals surface area contributed by atoms with Crippen molar-refractivity contribution in [2.75, 3.05) is 12.4 Å². The molecule has 0 saturated carbocycles. The van der Waals surface area contributed by atoms with Crippen molar-refractivity contribution in [2.24, 2.45) is 0 Å². The molecule has 0 fully saturated rings. The molecule has 152 valence electrons. The van der Waals surface area contributed by atoms with Gasteiger partial charge in [-0.05, 0) is 44.0 Å². The van der Waals surface area contributed by atoms with Crippen LogP contribution in [0.4, 0.5) is 5.69 Å². The molecule has 5 nitrogen and oxygen atoms in total. The molecule has 0 aliphatic heterocycles. The molecule has 0 spiro atoms. The second kappa shape index (κ2) is 7.84. The van der Waals surface area contributed by atoms with Crippen molar-refractivity contribution < 1.29 is 9.53 Å². The summed E-state index contributed by atoms with van der Waals surface area (Å²) in [6.45, 7) is 5.89. The van der Waals surface area contributed by atoms with Gasteiger partial charge in [0.15, 0.2) is 0 Å². The lowest BCUT2D eigenvalue weighted by atomic mass is 10.1. The number of hydrogen-bond donors (Lipinski definition) is 1. The van der Waals surface area contributed by atoms with Crippen LogP contribution in [0, 0.1) is 20.8 Å². The van der Waals surface area contributed by atoms with E-state index in [2.05, 4.69) is 5.32 Å². The van der Waals surface area contributed by atoms with Crippen LogP contribution >= 0.6 is 11.6 Å². The van der Waals surface area contributed by atoms with E-state index in [0.717, 1.165) is 22.3 Å². The average molecular weight is 420 g/mol. The number of carbonyl (C=O) groups excluding carboxylic acids is 1. The lowest BCUT2D eigenvalue weighted by Gasteiger charge is -2.13.